The number of carbonyl (C=O) groups excluding carboxylic acids is 4. The van der Waals surface area contributed by atoms with Crippen molar-refractivity contribution in [3.63, 3.8) is 0 Å². The molecule has 1 aliphatic heterocycles. The number of rotatable bonds is 14. The number of carboxylic acid groups (broad SMARTS) is 1. The summed E-state index contributed by atoms with van der Waals surface area (Å²) in [4.78, 5) is 75.0. The number of para-hydroxylation sites is 1. The van der Waals surface area contributed by atoms with Crippen molar-refractivity contribution in [2.75, 3.05) is 13.1 Å². The van der Waals surface area contributed by atoms with E-state index in [9.17, 15) is 29.1 Å². The van der Waals surface area contributed by atoms with Crippen LogP contribution in [0.2, 0.25) is 0 Å². The highest BCUT2D eigenvalue weighted by molar-refractivity contribution is 5.99. The van der Waals surface area contributed by atoms with Crippen LogP contribution in [0, 0.1) is 11.8 Å². The molecule has 2 aliphatic rings. The topological polar surface area (TPSA) is 197 Å². The van der Waals surface area contributed by atoms with Crippen molar-refractivity contribution in [2.24, 2.45) is 17.6 Å². The molecule has 0 unspecified atom stereocenters. The number of hydrogen-bond donors (Lipinski definition) is 5. The number of carboxylic acids is 1. The smallest absolute Gasteiger partial charge is 0.320 e. The third kappa shape index (κ3) is 9.27. The first kappa shape index (κ1) is 40.1. The fourth-order valence-corrected chi connectivity index (χ4v) is 8.44. The maximum Gasteiger partial charge on any atom is 0.320 e. The normalized spacial score (nSPS) is 20.8. The number of carbonyl (C=O) groups is 5. The summed E-state index contributed by atoms with van der Waals surface area (Å²) in [6, 6.07) is 19.5. The molecule has 1 saturated heterocycles. The van der Waals surface area contributed by atoms with E-state index in [2.05, 4.69) is 20.9 Å². The molecule has 2 aromatic heterocycles. The van der Waals surface area contributed by atoms with Gasteiger partial charge in [-0.25, -0.2) is 4.98 Å². The van der Waals surface area contributed by atoms with Crippen molar-refractivity contribution in [3.8, 4) is 0 Å². The highest BCUT2D eigenvalue weighted by Gasteiger charge is 2.54. The molecule has 0 radical (unpaired) electrons. The molecule has 4 aromatic rings. The molecule has 2 fully saturated rings. The number of nitrogens with two attached hydrogens (primary N) is 1. The molecule has 6 rings (SSSR count). The van der Waals surface area contributed by atoms with E-state index in [1.807, 2.05) is 68.1 Å². The van der Waals surface area contributed by atoms with Crippen LogP contribution in [-0.4, -0.2) is 81.3 Å². The number of fused-ring (bicyclic) bond motifs is 2. The minimum absolute atomic E-state index is 0.0213. The van der Waals surface area contributed by atoms with Gasteiger partial charge in [0.05, 0.1) is 30.3 Å². The second kappa shape index (κ2) is 17.1. The van der Waals surface area contributed by atoms with Crippen molar-refractivity contribution < 1.29 is 33.5 Å². The van der Waals surface area contributed by atoms with Crippen LogP contribution < -0.4 is 21.7 Å². The van der Waals surface area contributed by atoms with Crippen molar-refractivity contribution in [2.45, 2.75) is 94.8 Å². The summed E-state index contributed by atoms with van der Waals surface area (Å²) in [5.74, 6) is -3.15. The Morgan fingerprint density at radius 1 is 0.911 bits per heavy atom. The molecule has 296 valence electrons. The molecule has 56 heavy (non-hydrogen) atoms. The van der Waals surface area contributed by atoms with Crippen LogP contribution in [0.5, 0.6) is 0 Å². The van der Waals surface area contributed by atoms with Crippen LogP contribution in [0.4, 0.5) is 0 Å². The number of nitrogens with zero attached hydrogens (tertiary/aromatic N) is 2. The number of amides is 4. The van der Waals surface area contributed by atoms with E-state index < -0.39 is 59.2 Å². The average molecular weight is 765 g/mol. The van der Waals surface area contributed by atoms with Crippen LogP contribution in [0.3, 0.4) is 0 Å². The molecule has 0 bridgehead atoms. The number of benzene rings is 2. The quantitative estimate of drug-likeness (QED) is 0.124. The van der Waals surface area contributed by atoms with Gasteiger partial charge in [-0.2, -0.15) is 0 Å². The molecular formula is C43H52N6O7. The van der Waals surface area contributed by atoms with E-state index in [1.54, 1.807) is 30.3 Å². The van der Waals surface area contributed by atoms with Gasteiger partial charge in [-0.15, -0.1) is 0 Å². The van der Waals surface area contributed by atoms with Gasteiger partial charge in [0.15, 0.2) is 5.41 Å². The van der Waals surface area contributed by atoms with Crippen LogP contribution in [0.15, 0.2) is 89.5 Å². The minimum Gasteiger partial charge on any atom is -0.480 e. The number of aromatic nitrogens is 1. The number of piperidine rings is 1. The lowest BCUT2D eigenvalue weighted by Gasteiger charge is -2.49. The Morgan fingerprint density at radius 2 is 1.62 bits per heavy atom. The largest absolute Gasteiger partial charge is 0.480 e. The Hall–Kier alpha value is -5.56. The van der Waals surface area contributed by atoms with Gasteiger partial charge in [-0.3, -0.25) is 28.9 Å². The standard InChI is InChI=1S/C43H52N6O7/c1-42(2,3)48-40(53)34-23-29-15-7-8-16-30(29)25-49(34)26-43(41(54)55,36-18-11-21-56-36)35(22-27-12-5-4-6-13-27)47-39(52)33(24-37(44)50)46-38(51)32-20-19-28-14-9-10-17-31(28)45-32/h4-6,9-14,17-21,29-30,33-35H,7-8,15-16,22-26H2,1-3H3,(H2,44,50)(H,46,51)(H,47,52)(H,48,53)(H,54,55)/t29-,30+,33-,34-,35-,43+/m0/s1. The van der Waals surface area contributed by atoms with E-state index in [4.69, 9.17) is 10.2 Å². The zero-order chi connectivity index (χ0) is 40.0. The number of nitrogens with one attached hydrogen (secondary N) is 3. The fourth-order valence-electron chi connectivity index (χ4n) is 8.44. The number of primary amides is 1. The lowest BCUT2D eigenvalue weighted by Crippen LogP contribution is -2.66. The third-order valence-electron chi connectivity index (χ3n) is 11.2. The molecule has 1 aliphatic carbocycles. The summed E-state index contributed by atoms with van der Waals surface area (Å²) >= 11 is 0. The van der Waals surface area contributed by atoms with Gasteiger partial charge in [0.25, 0.3) is 5.91 Å². The summed E-state index contributed by atoms with van der Waals surface area (Å²) in [5, 5.41) is 21.0. The SMILES string of the molecule is CC(C)(C)NC(=O)[C@@H]1C[C@@H]2CCCC[C@@H]2CN1C[C@](C(=O)O)(c1ccco1)[C@H](Cc1ccccc1)NC(=O)[C@H](CC(N)=O)NC(=O)c1ccc2ccccc2n1. The van der Waals surface area contributed by atoms with Crippen molar-refractivity contribution in [1.82, 2.24) is 25.8 Å². The summed E-state index contributed by atoms with van der Waals surface area (Å²) in [5.41, 5.74) is 4.45. The van der Waals surface area contributed by atoms with Gasteiger partial charge in [0.2, 0.25) is 17.7 Å². The first-order valence-corrected chi connectivity index (χ1v) is 19.4. The van der Waals surface area contributed by atoms with Crippen molar-refractivity contribution in [3.05, 3.63) is 102 Å². The highest BCUT2D eigenvalue weighted by Crippen LogP contribution is 2.41. The zero-order valence-electron chi connectivity index (χ0n) is 32.2. The van der Waals surface area contributed by atoms with Gasteiger partial charge in [0.1, 0.15) is 17.5 Å². The number of likely N-dealkylation sites (tertiary alicyclic amines) is 1. The van der Waals surface area contributed by atoms with Crippen LogP contribution in [0.25, 0.3) is 10.9 Å². The molecule has 2 aromatic carbocycles. The van der Waals surface area contributed by atoms with Crippen LogP contribution >= 0.6 is 0 Å². The van der Waals surface area contributed by atoms with E-state index in [1.165, 1.54) is 12.3 Å². The van der Waals surface area contributed by atoms with E-state index in [-0.39, 0.29) is 36.2 Å². The van der Waals surface area contributed by atoms with Gasteiger partial charge in [-0.1, -0.05) is 73.9 Å². The minimum atomic E-state index is -1.95. The predicted octanol–water partition coefficient (Wildman–Crippen LogP) is 4.35. The Balaban J connectivity index is 1.39. The molecule has 13 nitrogen and oxygen atoms in total. The lowest BCUT2D eigenvalue weighted by molar-refractivity contribution is -0.150. The van der Waals surface area contributed by atoms with Gasteiger partial charge >= 0.3 is 5.97 Å². The lowest BCUT2D eigenvalue weighted by atomic mass is 9.70. The first-order chi connectivity index (χ1) is 26.7. The van der Waals surface area contributed by atoms with Gasteiger partial charge in [0, 0.05) is 24.0 Å². The van der Waals surface area contributed by atoms with E-state index in [0.717, 1.165) is 36.6 Å². The van der Waals surface area contributed by atoms with Crippen LogP contribution in [-0.2, 0) is 31.0 Å². The molecular weight excluding hydrogens is 713 g/mol. The molecule has 6 atom stereocenters. The molecule has 0 spiro atoms. The maximum atomic E-state index is 14.5. The number of hydrogen-bond acceptors (Lipinski definition) is 8. The Bertz CT molecular complexity index is 2030. The van der Waals surface area contributed by atoms with Crippen LogP contribution in [0.1, 0.15) is 81.1 Å². The Labute approximate surface area is 326 Å². The number of pyridine rings is 1. The maximum absolute atomic E-state index is 14.5. The highest BCUT2D eigenvalue weighted by atomic mass is 16.4. The van der Waals surface area contributed by atoms with E-state index >= 15 is 0 Å². The van der Waals surface area contributed by atoms with Crippen molar-refractivity contribution >= 4 is 40.5 Å². The molecule has 6 N–H and O–H groups in total. The molecule has 13 heteroatoms. The van der Waals surface area contributed by atoms with E-state index in [0.29, 0.717) is 24.4 Å². The van der Waals surface area contributed by atoms with Gasteiger partial charge in [-0.05, 0) is 81.7 Å². The monoisotopic (exact) mass is 764 g/mol. The summed E-state index contributed by atoms with van der Waals surface area (Å²) in [6.07, 6.45) is 5.56. The second-order valence-corrected chi connectivity index (χ2v) is 16.3. The summed E-state index contributed by atoms with van der Waals surface area (Å²) < 4.78 is 5.96. The second-order valence-electron chi connectivity index (χ2n) is 16.3. The van der Waals surface area contributed by atoms with Gasteiger partial charge < -0.3 is 31.2 Å². The molecule has 4 amide bonds. The molecule has 3 heterocycles. The summed E-state index contributed by atoms with van der Waals surface area (Å²) in [7, 11) is 0. The summed E-state index contributed by atoms with van der Waals surface area (Å²) in [6.45, 7) is 6.05. The predicted molar refractivity (Wildman–Crippen MR) is 210 cm³/mol. The zero-order valence-corrected chi connectivity index (χ0v) is 32.2. The molecule has 1 saturated carbocycles. The third-order valence-corrected chi connectivity index (χ3v) is 11.2. The first-order valence-electron chi connectivity index (χ1n) is 19.4. The Morgan fingerprint density at radius 3 is 2.30 bits per heavy atom. The Kier molecular flexibility index (Phi) is 12.2. The number of aliphatic carboxylic acids is 1. The fraction of sp³-hybridized carbons (Fsp3) is 0.442. The van der Waals surface area contributed by atoms with Crippen molar-refractivity contribution in [1.29, 1.82) is 0 Å². The number of furan rings is 1. The average Bonchev–Trinajstić information content (AvgIpc) is 3.71.